The summed E-state index contributed by atoms with van der Waals surface area (Å²) in [6.07, 6.45) is 0.609. The molecule has 0 radical (unpaired) electrons. The van der Waals surface area contributed by atoms with Crippen molar-refractivity contribution in [3.8, 4) is 0 Å². The highest BCUT2D eigenvalue weighted by molar-refractivity contribution is 6.35. The predicted molar refractivity (Wildman–Crippen MR) is 75.1 cm³/mol. The van der Waals surface area contributed by atoms with Crippen LogP contribution < -0.4 is 4.90 Å². The number of carboxylic acids is 1. The number of carboxylic acid groups (broad SMARTS) is 1. The third-order valence-corrected chi connectivity index (χ3v) is 3.41. The molecule has 0 aliphatic carbocycles. The molecule has 2 aromatic rings. The van der Waals surface area contributed by atoms with Crippen LogP contribution in [0.1, 0.15) is 16.1 Å². The van der Waals surface area contributed by atoms with Crippen LogP contribution in [-0.4, -0.2) is 36.1 Å². The van der Waals surface area contributed by atoms with Crippen LogP contribution in [0.15, 0.2) is 12.1 Å². The van der Waals surface area contributed by atoms with E-state index in [-0.39, 0.29) is 5.56 Å². The van der Waals surface area contributed by atoms with E-state index in [1.807, 2.05) is 0 Å². The first kappa shape index (κ1) is 13.4. The van der Waals surface area contributed by atoms with E-state index in [9.17, 15) is 14.7 Å². The van der Waals surface area contributed by atoms with Crippen LogP contribution in [0.2, 0.25) is 5.02 Å². The lowest BCUT2D eigenvalue weighted by molar-refractivity contribution is 0.0698. The highest BCUT2D eigenvalue weighted by Crippen LogP contribution is 2.37. The summed E-state index contributed by atoms with van der Waals surface area (Å²) in [5.41, 5.74) is 1.63. The quantitative estimate of drug-likeness (QED) is 0.877. The minimum atomic E-state index is -1.08. The number of benzene rings is 1. The first-order valence-corrected chi connectivity index (χ1v) is 5.96. The summed E-state index contributed by atoms with van der Waals surface area (Å²) in [6, 6.07) is 3.31. The van der Waals surface area contributed by atoms with Crippen LogP contribution in [0.4, 0.5) is 5.69 Å². The van der Waals surface area contributed by atoms with Crippen LogP contribution in [-0.2, 0) is 4.79 Å². The molecule has 0 saturated carbocycles. The molecule has 0 saturated heterocycles. The van der Waals surface area contributed by atoms with E-state index in [1.54, 1.807) is 38.1 Å². The zero-order chi connectivity index (χ0) is 14.3. The lowest BCUT2D eigenvalue weighted by Crippen LogP contribution is -2.11. The number of fused-ring (bicyclic) bond motifs is 1. The van der Waals surface area contributed by atoms with Gasteiger partial charge in [-0.2, -0.15) is 0 Å². The van der Waals surface area contributed by atoms with Crippen molar-refractivity contribution in [3.63, 3.8) is 0 Å². The van der Waals surface area contributed by atoms with Crippen LogP contribution in [0.5, 0.6) is 0 Å². The van der Waals surface area contributed by atoms with E-state index in [2.05, 4.69) is 0 Å². The van der Waals surface area contributed by atoms with Gasteiger partial charge in [0.05, 0.1) is 21.8 Å². The Hall–Kier alpha value is -2.01. The number of aromatic carboxylic acids is 1. The first-order chi connectivity index (χ1) is 8.90. The molecule has 1 aromatic heterocycles. The van der Waals surface area contributed by atoms with Crippen LogP contribution >= 0.6 is 11.6 Å². The zero-order valence-corrected chi connectivity index (χ0v) is 11.5. The number of hydrogen-bond acceptors (Lipinski definition) is 3. The van der Waals surface area contributed by atoms with Crippen molar-refractivity contribution in [1.29, 1.82) is 0 Å². The lowest BCUT2D eigenvalue weighted by atomic mass is 10.1. The normalized spacial score (nSPS) is 10.7. The molecule has 1 heterocycles. The molecule has 0 bridgehead atoms. The van der Waals surface area contributed by atoms with E-state index in [0.29, 0.717) is 33.7 Å². The lowest BCUT2D eigenvalue weighted by Gasteiger charge is -2.16. The van der Waals surface area contributed by atoms with Gasteiger partial charge in [-0.1, -0.05) is 11.6 Å². The molecule has 1 N–H and O–H groups in total. The molecular formula is C13H13ClN2O3. The van der Waals surface area contributed by atoms with E-state index in [0.717, 1.165) is 0 Å². The Kier molecular flexibility index (Phi) is 3.24. The van der Waals surface area contributed by atoms with Gasteiger partial charge >= 0.3 is 5.97 Å². The van der Waals surface area contributed by atoms with Gasteiger partial charge in [0.1, 0.15) is 0 Å². The molecule has 0 spiro atoms. The van der Waals surface area contributed by atoms with Gasteiger partial charge in [-0.3, -0.25) is 9.36 Å². The zero-order valence-electron chi connectivity index (χ0n) is 10.8. The summed E-state index contributed by atoms with van der Waals surface area (Å²) >= 11 is 6.15. The Morgan fingerprint density at radius 2 is 2.05 bits per heavy atom. The third kappa shape index (κ3) is 1.86. The number of carbonyl (C=O) groups excluding carboxylic acids is 1. The maximum Gasteiger partial charge on any atom is 0.338 e. The van der Waals surface area contributed by atoms with E-state index in [1.165, 1.54) is 4.57 Å². The average molecular weight is 281 g/mol. The van der Waals surface area contributed by atoms with E-state index >= 15 is 0 Å². The topological polar surface area (TPSA) is 62.5 Å². The van der Waals surface area contributed by atoms with Crippen LogP contribution in [0.25, 0.3) is 10.9 Å². The number of aromatic nitrogens is 1. The summed E-state index contributed by atoms with van der Waals surface area (Å²) in [7, 11) is 3.56. The van der Waals surface area contributed by atoms with E-state index in [4.69, 9.17) is 11.6 Å². The van der Waals surface area contributed by atoms with Gasteiger partial charge in [0.2, 0.25) is 6.41 Å². The number of rotatable bonds is 3. The Bertz CT molecular complexity index is 689. The van der Waals surface area contributed by atoms with Crippen LogP contribution in [0, 0.1) is 6.92 Å². The summed E-state index contributed by atoms with van der Waals surface area (Å²) in [6.45, 7) is 1.60. The minimum Gasteiger partial charge on any atom is -0.478 e. The van der Waals surface area contributed by atoms with Gasteiger partial charge in [0.25, 0.3) is 0 Å². The highest BCUT2D eigenvalue weighted by Gasteiger charge is 2.23. The first-order valence-electron chi connectivity index (χ1n) is 5.59. The molecule has 19 heavy (non-hydrogen) atoms. The molecule has 5 nitrogen and oxygen atoms in total. The van der Waals surface area contributed by atoms with Crippen molar-refractivity contribution < 1.29 is 14.7 Å². The largest absolute Gasteiger partial charge is 0.478 e. The van der Waals surface area contributed by atoms with Gasteiger partial charge in [-0.25, -0.2) is 4.79 Å². The Morgan fingerprint density at radius 3 is 2.53 bits per heavy atom. The Balaban J connectivity index is 3.08. The fraction of sp³-hybridized carbons (Fsp3) is 0.231. The highest BCUT2D eigenvalue weighted by atomic mass is 35.5. The van der Waals surface area contributed by atoms with Crippen molar-refractivity contribution in [2.24, 2.45) is 0 Å². The number of nitrogens with zero attached hydrogens (tertiary/aromatic N) is 2. The molecule has 6 heteroatoms. The minimum absolute atomic E-state index is 0.105. The fourth-order valence-corrected chi connectivity index (χ4v) is 2.65. The van der Waals surface area contributed by atoms with Gasteiger partial charge < -0.3 is 10.0 Å². The third-order valence-electron chi connectivity index (χ3n) is 3.11. The average Bonchev–Trinajstić information content (AvgIpc) is 2.59. The van der Waals surface area contributed by atoms with Gasteiger partial charge in [0.15, 0.2) is 0 Å². The molecule has 0 amide bonds. The summed E-state index contributed by atoms with van der Waals surface area (Å²) < 4.78 is 1.32. The second-order valence-electron chi connectivity index (χ2n) is 4.43. The second kappa shape index (κ2) is 4.59. The molecule has 0 aliphatic rings. The standard InChI is InChI=1S/C13H13ClN2O3/c1-7-10(13(18)19)11-9(16(7)6-17)5-4-8(14)12(11)15(2)3/h4-6H,1-3H3,(H,18,19). The molecular weight excluding hydrogens is 268 g/mol. The van der Waals surface area contributed by atoms with Crippen molar-refractivity contribution in [3.05, 3.63) is 28.4 Å². The monoisotopic (exact) mass is 280 g/mol. The number of hydrogen-bond donors (Lipinski definition) is 1. The molecule has 100 valence electrons. The van der Waals surface area contributed by atoms with Crippen molar-refractivity contribution in [2.45, 2.75) is 6.92 Å². The number of anilines is 1. The van der Waals surface area contributed by atoms with Gasteiger partial charge in [0, 0.05) is 25.2 Å². The van der Waals surface area contributed by atoms with E-state index < -0.39 is 5.97 Å². The van der Waals surface area contributed by atoms with Crippen LogP contribution in [0.3, 0.4) is 0 Å². The molecule has 2 rings (SSSR count). The maximum atomic E-state index is 11.5. The number of carbonyl (C=O) groups is 2. The van der Waals surface area contributed by atoms with Crippen molar-refractivity contribution >= 4 is 40.6 Å². The summed E-state index contributed by atoms with van der Waals surface area (Å²) in [5, 5.41) is 10.3. The van der Waals surface area contributed by atoms with Crippen molar-refractivity contribution in [2.75, 3.05) is 19.0 Å². The summed E-state index contributed by atoms with van der Waals surface area (Å²) in [5.74, 6) is -1.08. The predicted octanol–water partition coefficient (Wildman–Crippen LogP) is 2.41. The van der Waals surface area contributed by atoms with Crippen molar-refractivity contribution in [1.82, 2.24) is 4.57 Å². The smallest absolute Gasteiger partial charge is 0.338 e. The fourth-order valence-electron chi connectivity index (χ4n) is 2.32. The SMILES string of the molecule is Cc1c(C(=O)O)c2c(N(C)C)c(Cl)ccc2n1C=O. The molecule has 0 aliphatic heterocycles. The summed E-state index contributed by atoms with van der Waals surface area (Å²) in [4.78, 5) is 24.4. The maximum absolute atomic E-state index is 11.5. The molecule has 0 fully saturated rings. The van der Waals surface area contributed by atoms with Gasteiger partial charge in [-0.15, -0.1) is 0 Å². The second-order valence-corrected chi connectivity index (χ2v) is 4.83. The Morgan fingerprint density at radius 1 is 1.42 bits per heavy atom. The van der Waals surface area contributed by atoms with Gasteiger partial charge in [-0.05, 0) is 19.1 Å². The number of halogens is 1. The Labute approximate surface area is 115 Å². The molecule has 0 unspecified atom stereocenters. The molecule has 0 atom stereocenters. The molecule has 1 aromatic carbocycles.